The average Bonchev–Trinajstić information content (AvgIpc) is 2.34. The number of carboxylic acids is 1. The summed E-state index contributed by atoms with van der Waals surface area (Å²) in [5, 5.41) is 10.1. The smallest absolute Gasteiger partial charge is 0.328 e. The molecule has 0 aliphatic rings. The van der Waals surface area contributed by atoms with Gasteiger partial charge in [-0.05, 0) is 24.7 Å². The van der Waals surface area contributed by atoms with Gasteiger partial charge in [0.15, 0.2) is 0 Å². The minimum absolute atomic E-state index is 0. The Morgan fingerprint density at radius 1 is 1.09 bits per heavy atom. The summed E-state index contributed by atoms with van der Waals surface area (Å²) in [5.41, 5.74) is 5.77. The van der Waals surface area contributed by atoms with Crippen molar-refractivity contribution in [2.75, 3.05) is 7.11 Å². The Morgan fingerprint density at radius 2 is 1.48 bits per heavy atom. The summed E-state index contributed by atoms with van der Waals surface area (Å²) in [4.78, 5) is 32.4. The van der Waals surface area contributed by atoms with E-state index in [1.165, 1.54) is 7.11 Å². The number of amides is 1. The van der Waals surface area contributed by atoms with E-state index in [4.69, 9.17) is 15.6 Å². The van der Waals surface area contributed by atoms with Gasteiger partial charge in [-0.25, -0.2) is 4.79 Å². The fraction of sp³-hybridized carbons (Fsp3) is 0.800. The Morgan fingerprint density at radius 3 is 1.78 bits per heavy atom. The van der Waals surface area contributed by atoms with E-state index in [2.05, 4.69) is 10.1 Å². The number of carboxylic acid groups (broad SMARTS) is 1. The molecule has 4 N–H and O–H groups in total. The van der Waals surface area contributed by atoms with E-state index >= 15 is 0 Å². The van der Waals surface area contributed by atoms with Gasteiger partial charge >= 0.3 is 5.97 Å². The number of ether oxygens (including phenoxy) is 1. The molecular weight excluding hydrogens is 368 g/mol. The molecule has 1 amide bonds. The number of nitrogens with one attached hydrogen (secondary N) is 1. The van der Waals surface area contributed by atoms with E-state index in [0.29, 0.717) is 18.8 Å². The molecule has 0 rings (SSSR count). The second-order valence-electron chi connectivity index (χ2n) is 5.97. The summed E-state index contributed by atoms with van der Waals surface area (Å²) in [6.07, 6.45) is 1.15. The van der Waals surface area contributed by atoms with Crippen molar-refractivity contribution in [2.45, 2.75) is 59.5 Å². The molecule has 2 atom stereocenters. The Hall–Kier alpha value is -1.15. The van der Waals surface area contributed by atoms with Crippen molar-refractivity contribution in [1.82, 2.24) is 5.32 Å². The number of nitrogens with two attached hydrogens (primary N) is 1. The summed E-state index contributed by atoms with van der Waals surface area (Å²) in [5.74, 6) is -0.920. The normalized spacial score (nSPS) is 12.4. The number of carbonyl (C=O) groups is 3. The second kappa shape index (κ2) is 14.4. The standard InChI is InChI=1S/C13H26N2O3.C2H4O2.BrH/c1-8(2)6-10(14)12(16)15-11(7-9(3)4)13(17)18-5;1-2(3)4;/h8-11H,6-7,14H2,1-5H3,(H,15,16);1H3,(H,3,4);1H/t10-,11+;;/m0../s1. The van der Waals surface area contributed by atoms with Crippen LogP contribution in [0, 0.1) is 11.8 Å². The van der Waals surface area contributed by atoms with Crippen LogP contribution < -0.4 is 11.1 Å². The van der Waals surface area contributed by atoms with Crippen LogP contribution in [-0.2, 0) is 19.1 Å². The van der Waals surface area contributed by atoms with Crippen molar-refractivity contribution in [3.8, 4) is 0 Å². The molecule has 0 radical (unpaired) electrons. The van der Waals surface area contributed by atoms with Crippen LogP contribution in [0.1, 0.15) is 47.5 Å². The maximum absolute atomic E-state index is 11.8. The van der Waals surface area contributed by atoms with Gasteiger partial charge < -0.3 is 20.9 Å². The summed E-state index contributed by atoms with van der Waals surface area (Å²) in [6, 6.07) is -1.19. The van der Waals surface area contributed by atoms with Crippen molar-refractivity contribution >= 4 is 34.8 Å². The van der Waals surface area contributed by atoms with Crippen LogP contribution in [-0.4, -0.2) is 42.1 Å². The number of hydrogen-bond donors (Lipinski definition) is 3. The molecule has 0 aliphatic carbocycles. The molecule has 0 saturated heterocycles. The number of hydrogen-bond acceptors (Lipinski definition) is 5. The first-order chi connectivity index (χ1) is 10.0. The summed E-state index contributed by atoms with van der Waals surface area (Å²) >= 11 is 0. The number of methoxy groups -OCH3 is 1. The molecule has 0 spiro atoms. The molecule has 7 nitrogen and oxygen atoms in total. The van der Waals surface area contributed by atoms with Gasteiger partial charge in [-0.15, -0.1) is 17.0 Å². The molecule has 0 aliphatic heterocycles. The highest BCUT2D eigenvalue weighted by molar-refractivity contribution is 8.93. The van der Waals surface area contributed by atoms with Gasteiger partial charge in [0.1, 0.15) is 6.04 Å². The molecule has 23 heavy (non-hydrogen) atoms. The molecule has 0 bridgehead atoms. The zero-order valence-corrected chi connectivity index (χ0v) is 16.5. The third-order valence-corrected chi connectivity index (χ3v) is 2.57. The first-order valence-corrected chi connectivity index (χ1v) is 7.34. The van der Waals surface area contributed by atoms with Crippen molar-refractivity contribution in [2.24, 2.45) is 17.6 Å². The third-order valence-electron chi connectivity index (χ3n) is 2.57. The van der Waals surface area contributed by atoms with E-state index in [-0.39, 0.29) is 28.8 Å². The fourth-order valence-corrected chi connectivity index (χ4v) is 1.72. The van der Waals surface area contributed by atoms with Crippen LogP contribution in [0.15, 0.2) is 0 Å². The first-order valence-electron chi connectivity index (χ1n) is 7.34. The zero-order valence-electron chi connectivity index (χ0n) is 14.8. The summed E-state index contributed by atoms with van der Waals surface area (Å²) < 4.78 is 4.68. The summed E-state index contributed by atoms with van der Waals surface area (Å²) in [6.45, 7) is 9.05. The van der Waals surface area contributed by atoms with Gasteiger partial charge in [0.2, 0.25) is 5.91 Å². The largest absolute Gasteiger partial charge is 0.481 e. The van der Waals surface area contributed by atoms with Crippen molar-refractivity contribution in [3.05, 3.63) is 0 Å². The molecule has 0 aromatic carbocycles. The Kier molecular flexibility index (Phi) is 16.8. The third kappa shape index (κ3) is 17.0. The van der Waals surface area contributed by atoms with Gasteiger partial charge in [0.05, 0.1) is 13.2 Å². The van der Waals surface area contributed by atoms with Crippen LogP contribution in [0.25, 0.3) is 0 Å². The van der Waals surface area contributed by atoms with E-state index < -0.39 is 24.0 Å². The highest BCUT2D eigenvalue weighted by Gasteiger charge is 2.25. The Bertz CT molecular complexity index is 358. The quantitative estimate of drug-likeness (QED) is 0.561. The predicted molar refractivity (Wildman–Crippen MR) is 94.5 cm³/mol. The van der Waals surface area contributed by atoms with Crippen LogP contribution in [0.5, 0.6) is 0 Å². The lowest BCUT2D eigenvalue weighted by molar-refractivity contribution is -0.145. The molecule has 0 aromatic heterocycles. The molecular formula is C15H31BrN2O5. The number of rotatable bonds is 7. The lowest BCUT2D eigenvalue weighted by Gasteiger charge is -2.21. The van der Waals surface area contributed by atoms with E-state index in [9.17, 15) is 9.59 Å². The molecule has 0 heterocycles. The molecule has 0 fully saturated rings. The van der Waals surface area contributed by atoms with Crippen molar-refractivity contribution < 1.29 is 24.2 Å². The number of halogens is 1. The SMILES string of the molecule is Br.CC(=O)O.COC(=O)[C@@H](CC(C)C)NC(=O)[C@@H](N)CC(C)C. The second-order valence-corrected chi connectivity index (χ2v) is 5.97. The van der Waals surface area contributed by atoms with Crippen molar-refractivity contribution in [3.63, 3.8) is 0 Å². The minimum atomic E-state index is -0.833. The lowest BCUT2D eigenvalue weighted by atomic mass is 10.0. The average molecular weight is 399 g/mol. The van der Waals surface area contributed by atoms with E-state index in [1.807, 2.05) is 27.7 Å². The van der Waals surface area contributed by atoms with Gasteiger partial charge in [0.25, 0.3) is 5.97 Å². The van der Waals surface area contributed by atoms with E-state index in [1.54, 1.807) is 0 Å². The van der Waals surface area contributed by atoms with Crippen LogP contribution in [0.4, 0.5) is 0 Å². The predicted octanol–water partition coefficient (Wildman–Crippen LogP) is 1.73. The molecule has 138 valence electrons. The summed E-state index contributed by atoms with van der Waals surface area (Å²) in [7, 11) is 1.32. The van der Waals surface area contributed by atoms with Gasteiger partial charge in [0, 0.05) is 6.92 Å². The number of aliphatic carboxylic acids is 1. The Labute approximate surface area is 149 Å². The van der Waals surface area contributed by atoms with Gasteiger partial charge in [-0.2, -0.15) is 0 Å². The Balaban J connectivity index is -0.000000712. The first kappa shape index (κ1) is 26.7. The highest BCUT2D eigenvalue weighted by atomic mass is 79.9. The number of carbonyl (C=O) groups excluding carboxylic acids is 2. The van der Waals surface area contributed by atoms with Gasteiger partial charge in [-0.1, -0.05) is 27.7 Å². The van der Waals surface area contributed by atoms with Crippen LogP contribution >= 0.6 is 17.0 Å². The molecule has 0 saturated carbocycles. The lowest BCUT2D eigenvalue weighted by Crippen LogP contribution is -2.49. The maximum Gasteiger partial charge on any atom is 0.328 e. The maximum atomic E-state index is 11.8. The minimum Gasteiger partial charge on any atom is -0.481 e. The van der Waals surface area contributed by atoms with E-state index in [0.717, 1.165) is 6.92 Å². The number of esters is 1. The molecule has 8 heteroatoms. The zero-order chi connectivity index (χ0) is 17.9. The van der Waals surface area contributed by atoms with Crippen molar-refractivity contribution in [1.29, 1.82) is 0 Å². The highest BCUT2D eigenvalue weighted by Crippen LogP contribution is 2.08. The topological polar surface area (TPSA) is 119 Å². The fourth-order valence-electron chi connectivity index (χ4n) is 1.72. The molecule has 0 aromatic rings. The van der Waals surface area contributed by atoms with Gasteiger partial charge in [-0.3, -0.25) is 9.59 Å². The van der Waals surface area contributed by atoms with Crippen LogP contribution in [0.3, 0.4) is 0 Å². The monoisotopic (exact) mass is 398 g/mol. The van der Waals surface area contributed by atoms with Crippen LogP contribution in [0.2, 0.25) is 0 Å². The molecule has 0 unspecified atom stereocenters.